The second-order valence-corrected chi connectivity index (χ2v) is 2.58. The molecule has 0 heterocycles. The first kappa shape index (κ1) is 10.1. The molecular formula is C7H14N2O2. The highest BCUT2D eigenvalue weighted by Crippen LogP contribution is 2.05. The highest BCUT2D eigenvalue weighted by Gasteiger charge is 2.23. The van der Waals surface area contributed by atoms with Crippen LogP contribution in [-0.4, -0.2) is 17.0 Å². The molecule has 2 atom stereocenters. The lowest BCUT2D eigenvalue weighted by molar-refractivity contribution is -0.519. The Bertz CT molecular complexity index is 177. The van der Waals surface area contributed by atoms with Crippen molar-refractivity contribution in [3.8, 4) is 0 Å². The molecule has 0 bridgehead atoms. The third-order valence-corrected chi connectivity index (χ3v) is 1.83. The molecule has 64 valence electrons. The predicted molar refractivity (Wildman–Crippen MR) is 43.9 cm³/mol. The number of rotatable bonds is 3. The summed E-state index contributed by atoms with van der Waals surface area (Å²) in [4.78, 5) is 9.90. The Kier molecular flexibility index (Phi) is 3.74. The number of nitro groups is 1. The van der Waals surface area contributed by atoms with Crippen molar-refractivity contribution in [2.75, 3.05) is 0 Å². The molecule has 0 aliphatic carbocycles. The van der Waals surface area contributed by atoms with Gasteiger partial charge in [0.05, 0.1) is 6.04 Å². The van der Waals surface area contributed by atoms with Crippen molar-refractivity contribution in [2.24, 2.45) is 5.73 Å². The van der Waals surface area contributed by atoms with Gasteiger partial charge in [-0.05, 0) is 13.8 Å². The third-order valence-electron chi connectivity index (χ3n) is 1.83. The van der Waals surface area contributed by atoms with Gasteiger partial charge in [0.25, 0.3) is 0 Å². The minimum absolute atomic E-state index is 0.363. The maximum Gasteiger partial charge on any atom is 0.229 e. The summed E-state index contributed by atoms with van der Waals surface area (Å²) in [5, 5.41) is 10.3. The van der Waals surface area contributed by atoms with E-state index in [0.717, 1.165) is 5.57 Å². The van der Waals surface area contributed by atoms with E-state index in [1.807, 2.05) is 6.92 Å². The fourth-order valence-electron chi connectivity index (χ4n) is 0.704. The quantitative estimate of drug-likeness (QED) is 0.377. The van der Waals surface area contributed by atoms with Crippen LogP contribution in [0, 0.1) is 10.1 Å². The van der Waals surface area contributed by atoms with E-state index in [9.17, 15) is 10.1 Å². The Morgan fingerprint density at radius 2 is 2.18 bits per heavy atom. The molecule has 0 fully saturated rings. The van der Waals surface area contributed by atoms with Crippen LogP contribution in [0.1, 0.15) is 20.8 Å². The molecular weight excluding hydrogens is 144 g/mol. The average Bonchev–Trinajstić information content (AvgIpc) is 2.00. The fourth-order valence-corrected chi connectivity index (χ4v) is 0.704. The molecule has 4 nitrogen and oxygen atoms in total. The van der Waals surface area contributed by atoms with Crippen LogP contribution < -0.4 is 5.73 Å². The van der Waals surface area contributed by atoms with Crippen molar-refractivity contribution in [3.05, 3.63) is 21.8 Å². The van der Waals surface area contributed by atoms with Crippen LogP contribution in [0.15, 0.2) is 11.6 Å². The first-order valence-electron chi connectivity index (χ1n) is 3.52. The van der Waals surface area contributed by atoms with Crippen molar-refractivity contribution in [2.45, 2.75) is 32.9 Å². The number of hydrogen-bond acceptors (Lipinski definition) is 3. The lowest BCUT2D eigenvalue weighted by Gasteiger charge is -2.12. The molecule has 0 aliphatic heterocycles. The Morgan fingerprint density at radius 1 is 1.73 bits per heavy atom. The van der Waals surface area contributed by atoms with Gasteiger partial charge in [-0.25, -0.2) is 0 Å². The van der Waals surface area contributed by atoms with E-state index in [0.29, 0.717) is 0 Å². The van der Waals surface area contributed by atoms with E-state index in [1.165, 1.54) is 6.92 Å². The van der Waals surface area contributed by atoms with Gasteiger partial charge in [0.15, 0.2) is 0 Å². The molecule has 0 aromatic carbocycles. The molecule has 0 saturated heterocycles. The Hall–Kier alpha value is -0.900. The highest BCUT2D eigenvalue weighted by molar-refractivity contribution is 5.06. The van der Waals surface area contributed by atoms with Crippen LogP contribution >= 0.6 is 0 Å². The molecule has 11 heavy (non-hydrogen) atoms. The van der Waals surface area contributed by atoms with Gasteiger partial charge in [0, 0.05) is 11.8 Å². The van der Waals surface area contributed by atoms with E-state index in [1.54, 1.807) is 13.0 Å². The molecule has 0 amide bonds. The average molecular weight is 158 g/mol. The van der Waals surface area contributed by atoms with Crippen LogP contribution in [0.5, 0.6) is 0 Å². The minimum atomic E-state index is -0.703. The van der Waals surface area contributed by atoms with Crippen LogP contribution in [0.2, 0.25) is 0 Å². The van der Waals surface area contributed by atoms with E-state index < -0.39 is 12.1 Å². The zero-order valence-corrected chi connectivity index (χ0v) is 7.07. The van der Waals surface area contributed by atoms with Crippen molar-refractivity contribution >= 4 is 0 Å². The molecule has 0 aliphatic rings. The van der Waals surface area contributed by atoms with Crippen LogP contribution in [-0.2, 0) is 0 Å². The molecule has 2 N–H and O–H groups in total. The van der Waals surface area contributed by atoms with Gasteiger partial charge in [0.1, 0.15) is 0 Å². The van der Waals surface area contributed by atoms with Crippen LogP contribution in [0.25, 0.3) is 0 Å². The van der Waals surface area contributed by atoms with Gasteiger partial charge in [-0.3, -0.25) is 10.1 Å². The Morgan fingerprint density at radius 3 is 2.45 bits per heavy atom. The van der Waals surface area contributed by atoms with Gasteiger partial charge >= 0.3 is 0 Å². The van der Waals surface area contributed by atoms with Crippen molar-refractivity contribution < 1.29 is 4.92 Å². The van der Waals surface area contributed by atoms with Crippen molar-refractivity contribution in [3.63, 3.8) is 0 Å². The maximum atomic E-state index is 10.3. The second-order valence-electron chi connectivity index (χ2n) is 2.58. The Balaban J connectivity index is 4.24. The zero-order chi connectivity index (χ0) is 9.02. The maximum absolute atomic E-state index is 10.3. The topological polar surface area (TPSA) is 69.2 Å². The summed E-state index contributed by atoms with van der Waals surface area (Å²) in [6, 6.07) is -1.17. The van der Waals surface area contributed by atoms with Crippen LogP contribution in [0.3, 0.4) is 0 Å². The fraction of sp³-hybridized carbons (Fsp3) is 0.714. The molecule has 4 heteroatoms. The zero-order valence-electron chi connectivity index (χ0n) is 7.07. The molecule has 0 aromatic rings. The molecule has 0 aromatic heterocycles. The lowest BCUT2D eigenvalue weighted by Crippen LogP contribution is -2.38. The van der Waals surface area contributed by atoms with Gasteiger partial charge in [0.2, 0.25) is 6.04 Å². The first-order chi connectivity index (χ1) is 5.00. The number of hydrogen-bond donors (Lipinski definition) is 1. The molecule has 0 rings (SSSR count). The molecule has 2 unspecified atom stereocenters. The van der Waals surface area contributed by atoms with E-state index >= 15 is 0 Å². The van der Waals surface area contributed by atoms with Crippen LogP contribution in [0.4, 0.5) is 0 Å². The number of nitrogens with two attached hydrogens (primary N) is 1. The number of nitrogens with zero attached hydrogens (tertiary/aromatic N) is 1. The van der Waals surface area contributed by atoms with Gasteiger partial charge in [-0.2, -0.15) is 0 Å². The summed E-state index contributed by atoms with van der Waals surface area (Å²) in [7, 11) is 0. The molecule has 0 saturated carbocycles. The largest absolute Gasteiger partial charge is 0.319 e. The summed E-state index contributed by atoms with van der Waals surface area (Å²) in [6.45, 7) is 5.13. The predicted octanol–water partition coefficient (Wildman–Crippen LogP) is 0.945. The SMILES string of the molecule is C/C=C(/C)C(N)C(C)[N+](=O)[O-]. The van der Waals surface area contributed by atoms with Gasteiger partial charge in [-0.1, -0.05) is 11.6 Å². The smallest absolute Gasteiger partial charge is 0.229 e. The summed E-state index contributed by atoms with van der Waals surface area (Å²) >= 11 is 0. The molecule has 0 spiro atoms. The number of allylic oxidation sites excluding steroid dienone is 1. The monoisotopic (exact) mass is 158 g/mol. The van der Waals surface area contributed by atoms with Crippen molar-refractivity contribution in [1.82, 2.24) is 0 Å². The summed E-state index contributed by atoms with van der Waals surface area (Å²) in [5.74, 6) is 0. The summed E-state index contributed by atoms with van der Waals surface area (Å²) in [5.41, 5.74) is 6.42. The van der Waals surface area contributed by atoms with E-state index in [4.69, 9.17) is 5.73 Å². The van der Waals surface area contributed by atoms with Gasteiger partial charge < -0.3 is 5.73 Å². The standard InChI is InChI=1S/C7H14N2O2/c1-4-5(2)7(8)6(3)9(10)11/h4,6-7H,8H2,1-3H3/b5-4-. The third kappa shape index (κ3) is 2.67. The minimum Gasteiger partial charge on any atom is -0.319 e. The lowest BCUT2D eigenvalue weighted by atomic mass is 10.0. The summed E-state index contributed by atoms with van der Waals surface area (Å²) in [6.07, 6.45) is 1.80. The summed E-state index contributed by atoms with van der Waals surface area (Å²) < 4.78 is 0. The highest BCUT2D eigenvalue weighted by atomic mass is 16.6. The van der Waals surface area contributed by atoms with E-state index in [-0.39, 0.29) is 4.92 Å². The second kappa shape index (κ2) is 4.08. The first-order valence-corrected chi connectivity index (χ1v) is 3.52. The van der Waals surface area contributed by atoms with Crippen molar-refractivity contribution in [1.29, 1.82) is 0 Å². The van der Waals surface area contributed by atoms with E-state index in [2.05, 4.69) is 0 Å². The normalized spacial score (nSPS) is 17.6. The van der Waals surface area contributed by atoms with Gasteiger partial charge in [-0.15, -0.1) is 0 Å². The Labute approximate surface area is 66.2 Å². The molecule has 0 radical (unpaired) electrons.